The zero-order chi connectivity index (χ0) is 27.1. The van der Waals surface area contributed by atoms with Gasteiger partial charge in [-0.1, -0.05) is 0 Å². The van der Waals surface area contributed by atoms with Crippen LogP contribution in [0.5, 0.6) is 5.88 Å². The van der Waals surface area contributed by atoms with Crippen LogP contribution in [0.25, 0.3) is 0 Å². The zero-order valence-electron chi connectivity index (χ0n) is 22.9. The van der Waals surface area contributed by atoms with E-state index in [-0.39, 0.29) is 0 Å². The van der Waals surface area contributed by atoms with Crippen molar-refractivity contribution in [2.24, 2.45) is 0 Å². The normalized spacial score (nSPS) is 17.0. The van der Waals surface area contributed by atoms with Crippen LogP contribution in [0.1, 0.15) is 43.3 Å². The molecule has 204 valence electrons. The maximum atomic E-state index is 12.9. The van der Waals surface area contributed by atoms with Gasteiger partial charge in [0.2, 0.25) is 11.8 Å². The summed E-state index contributed by atoms with van der Waals surface area (Å²) < 4.78 is 11.4. The lowest BCUT2D eigenvalue weighted by molar-refractivity contribution is 0.0567. The maximum absolute atomic E-state index is 12.9. The minimum absolute atomic E-state index is 0.374. The number of carbonyl (C=O) groups is 1. The largest absolute Gasteiger partial charge is 0.474 e. The molecule has 0 saturated carbocycles. The molecule has 3 aromatic heterocycles. The van der Waals surface area contributed by atoms with Crippen molar-refractivity contribution < 1.29 is 14.3 Å². The Morgan fingerprint density at radius 1 is 0.974 bits per heavy atom. The highest BCUT2D eigenvalue weighted by Crippen LogP contribution is 2.35. The Hall–Kier alpha value is -3.99. The molecule has 1 N–H and O–H groups in total. The van der Waals surface area contributed by atoms with Crippen molar-refractivity contribution in [1.82, 2.24) is 24.8 Å². The van der Waals surface area contributed by atoms with Crippen LogP contribution in [0.3, 0.4) is 0 Å². The number of carbonyl (C=O) groups excluding carboxylic acids is 1. The first kappa shape index (κ1) is 25.3. The molecule has 0 aliphatic carbocycles. The molecule has 3 aliphatic heterocycles. The number of pyridine rings is 2. The molecule has 39 heavy (non-hydrogen) atoms. The number of fused-ring (bicyclic) bond motifs is 3. The van der Waals surface area contributed by atoms with Crippen molar-refractivity contribution in [3.8, 4) is 5.88 Å². The minimum Gasteiger partial charge on any atom is -0.474 e. The van der Waals surface area contributed by atoms with Crippen molar-refractivity contribution >= 4 is 29.1 Å². The summed E-state index contributed by atoms with van der Waals surface area (Å²) in [5, 5.41) is 3.34. The maximum Gasteiger partial charge on any atom is 0.415 e. The number of likely N-dealkylation sites (N-methyl/N-ethyl adjacent to an activating group) is 1. The van der Waals surface area contributed by atoms with Crippen LogP contribution in [0.2, 0.25) is 0 Å². The number of anilines is 4. The summed E-state index contributed by atoms with van der Waals surface area (Å²) >= 11 is 0. The van der Waals surface area contributed by atoms with Gasteiger partial charge in [-0.15, -0.1) is 0 Å². The molecule has 6 rings (SSSR count). The summed E-state index contributed by atoms with van der Waals surface area (Å²) in [4.78, 5) is 37.6. The lowest BCUT2D eigenvalue weighted by atomic mass is 10.1. The Morgan fingerprint density at radius 2 is 1.85 bits per heavy atom. The molecule has 0 fully saturated rings. The van der Waals surface area contributed by atoms with Gasteiger partial charge in [0.25, 0.3) is 0 Å². The van der Waals surface area contributed by atoms with Gasteiger partial charge in [0, 0.05) is 37.9 Å². The van der Waals surface area contributed by atoms with Crippen molar-refractivity contribution in [1.29, 1.82) is 0 Å². The van der Waals surface area contributed by atoms with E-state index in [0.29, 0.717) is 37.2 Å². The minimum atomic E-state index is -0.589. The molecule has 0 bridgehead atoms. The molecule has 1 amide bonds. The first-order chi connectivity index (χ1) is 18.7. The molecule has 0 unspecified atom stereocenters. The Bertz CT molecular complexity index is 1410. The SMILES string of the molecule is CN1CCc2ncc(Nc3ncc4c(n3)CN(c3cnc5c(c3)N(C(=O)OC(C)(C)C)CCO5)CC4)cc2C1. The summed E-state index contributed by atoms with van der Waals surface area (Å²) in [5.74, 6) is 0.988. The molecule has 3 aliphatic rings. The second kappa shape index (κ2) is 9.96. The van der Waals surface area contributed by atoms with E-state index >= 15 is 0 Å². The molecule has 0 aromatic carbocycles. The molecule has 11 nitrogen and oxygen atoms in total. The smallest absolute Gasteiger partial charge is 0.415 e. The summed E-state index contributed by atoms with van der Waals surface area (Å²) in [6, 6.07) is 4.09. The Balaban J connectivity index is 1.20. The van der Waals surface area contributed by atoms with Gasteiger partial charge in [-0.25, -0.2) is 19.7 Å². The van der Waals surface area contributed by atoms with E-state index in [1.54, 1.807) is 11.1 Å². The van der Waals surface area contributed by atoms with Crippen molar-refractivity contribution in [3.05, 3.63) is 53.2 Å². The van der Waals surface area contributed by atoms with Crippen LogP contribution in [0.4, 0.5) is 27.8 Å². The number of nitrogens with one attached hydrogen (secondary N) is 1. The van der Waals surface area contributed by atoms with Crippen LogP contribution < -0.4 is 19.9 Å². The topological polar surface area (TPSA) is 109 Å². The third-order valence-corrected chi connectivity index (χ3v) is 7.07. The van der Waals surface area contributed by atoms with Crippen LogP contribution in [0, 0.1) is 0 Å². The molecule has 0 saturated heterocycles. The van der Waals surface area contributed by atoms with Crippen LogP contribution in [0.15, 0.2) is 30.7 Å². The lowest BCUT2D eigenvalue weighted by Crippen LogP contribution is -2.42. The Labute approximate surface area is 228 Å². The fraction of sp³-hybridized carbons (Fsp3) is 0.464. The third kappa shape index (κ3) is 5.44. The molecule has 0 radical (unpaired) electrons. The molecule has 6 heterocycles. The highest BCUT2D eigenvalue weighted by molar-refractivity contribution is 5.90. The highest BCUT2D eigenvalue weighted by Gasteiger charge is 2.30. The number of ether oxygens (including phenoxy) is 2. The van der Waals surface area contributed by atoms with E-state index < -0.39 is 11.7 Å². The van der Waals surface area contributed by atoms with Crippen LogP contribution >= 0.6 is 0 Å². The van der Waals surface area contributed by atoms with Crippen molar-refractivity contribution in [3.63, 3.8) is 0 Å². The number of hydrogen-bond acceptors (Lipinski definition) is 10. The predicted molar refractivity (Wildman–Crippen MR) is 148 cm³/mol. The average Bonchev–Trinajstić information content (AvgIpc) is 2.91. The first-order valence-corrected chi connectivity index (χ1v) is 13.4. The molecule has 0 spiro atoms. The van der Waals surface area contributed by atoms with E-state index in [2.05, 4.69) is 43.2 Å². The van der Waals surface area contributed by atoms with Gasteiger partial charge >= 0.3 is 6.09 Å². The van der Waals surface area contributed by atoms with Gasteiger partial charge in [-0.3, -0.25) is 9.88 Å². The second-order valence-electron chi connectivity index (χ2n) is 11.3. The number of nitrogens with zero attached hydrogens (tertiary/aromatic N) is 7. The Kier molecular flexibility index (Phi) is 6.46. The summed E-state index contributed by atoms with van der Waals surface area (Å²) in [7, 11) is 2.13. The summed E-state index contributed by atoms with van der Waals surface area (Å²) in [5.41, 5.74) is 6.31. The molecule has 11 heteroatoms. The lowest BCUT2D eigenvalue weighted by Gasteiger charge is -2.33. The molecular formula is C28H34N8O3. The average molecular weight is 531 g/mol. The molecular weight excluding hydrogens is 496 g/mol. The van der Waals surface area contributed by atoms with E-state index in [9.17, 15) is 4.79 Å². The highest BCUT2D eigenvalue weighted by atomic mass is 16.6. The second-order valence-corrected chi connectivity index (χ2v) is 11.3. The van der Waals surface area contributed by atoms with E-state index in [0.717, 1.165) is 60.8 Å². The predicted octanol–water partition coefficient (Wildman–Crippen LogP) is 3.69. The fourth-order valence-electron chi connectivity index (χ4n) is 5.12. The number of hydrogen-bond donors (Lipinski definition) is 1. The van der Waals surface area contributed by atoms with Gasteiger partial charge in [-0.2, -0.15) is 0 Å². The van der Waals surface area contributed by atoms with Crippen molar-refractivity contribution in [2.45, 2.75) is 52.3 Å². The van der Waals surface area contributed by atoms with Gasteiger partial charge in [-0.05, 0) is 57.5 Å². The number of aromatic nitrogens is 4. The molecule has 3 aromatic rings. The van der Waals surface area contributed by atoms with Gasteiger partial charge in [0.15, 0.2) is 0 Å². The number of rotatable bonds is 3. The van der Waals surface area contributed by atoms with Gasteiger partial charge in [0.1, 0.15) is 17.9 Å². The summed E-state index contributed by atoms with van der Waals surface area (Å²) in [6.07, 6.45) is 6.93. The Morgan fingerprint density at radius 3 is 2.69 bits per heavy atom. The third-order valence-electron chi connectivity index (χ3n) is 7.07. The standard InChI is InChI=1S/C28H34N8O3/c1-28(2,3)39-27(37)36-9-10-38-25-24(36)12-21(15-30-25)35-8-5-18-13-31-26(33-23(18)17-35)32-20-11-19-16-34(4)7-6-22(19)29-14-20/h11-15H,5-10,16-17H2,1-4H3,(H,31,32,33). The van der Waals surface area contributed by atoms with E-state index in [1.165, 1.54) is 5.56 Å². The fourth-order valence-corrected chi connectivity index (χ4v) is 5.12. The monoisotopic (exact) mass is 530 g/mol. The quantitative estimate of drug-likeness (QED) is 0.538. The van der Waals surface area contributed by atoms with Crippen LogP contribution in [-0.4, -0.2) is 69.8 Å². The van der Waals surface area contributed by atoms with Crippen LogP contribution in [-0.2, 0) is 30.7 Å². The number of amides is 1. The zero-order valence-corrected chi connectivity index (χ0v) is 22.9. The van der Waals surface area contributed by atoms with E-state index in [1.807, 2.05) is 39.2 Å². The first-order valence-electron chi connectivity index (χ1n) is 13.4. The van der Waals surface area contributed by atoms with Crippen molar-refractivity contribution in [2.75, 3.05) is 48.4 Å². The van der Waals surface area contributed by atoms with Gasteiger partial charge < -0.3 is 24.6 Å². The molecule has 0 atom stereocenters. The van der Waals surface area contributed by atoms with E-state index in [4.69, 9.17) is 14.5 Å². The summed E-state index contributed by atoms with van der Waals surface area (Å²) in [6.45, 7) is 9.68. The van der Waals surface area contributed by atoms with Gasteiger partial charge in [0.05, 0.1) is 42.6 Å².